The van der Waals surface area contributed by atoms with Gasteiger partial charge in [-0.15, -0.1) is 0 Å². The maximum atomic E-state index is 11.9. The van der Waals surface area contributed by atoms with Crippen LogP contribution in [0.4, 0.5) is 0 Å². The molecule has 0 aromatic rings. The number of nitrogens with zero attached hydrogens (tertiary/aromatic N) is 1. The molecule has 4 nitrogen and oxygen atoms in total. The lowest BCUT2D eigenvalue weighted by Crippen LogP contribution is -2.55. The fourth-order valence-corrected chi connectivity index (χ4v) is 2.81. The zero-order valence-corrected chi connectivity index (χ0v) is 11.7. The van der Waals surface area contributed by atoms with E-state index in [0.717, 1.165) is 12.8 Å². The molecule has 98 valence electrons. The van der Waals surface area contributed by atoms with Gasteiger partial charge in [-0.05, 0) is 26.2 Å². The molecule has 17 heavy (non-hydrogen) atoms. The predicted molar refractivity (Wildman–Crippen MR) is 70.8 cm³/mol. The van der Waals surface area contributed by atoms with E-state index in [2.05, 4.69) is 19.6 Å². The van der Waals surface area contributed by atoms with E-state index in [1.165, 1.54) is 0 Å². The highest BCUT2D eigenvalue weighted by atomic mass is 32.1. The van der Waals surface area contributed by atoms with Crippen LogP contribution in [0.1, 0.15) is 40.0 Å². The van der Waals surface area contributed by atoms with Crippen LogP contribution in [0.25, 0.3) is 0 Å². The van der Waals surface area contributed by atoms with Gasteiger partial charge < -0.3 is 10.6 Å². The lowest BCUT2D eigenvalue weighted by molar-refractivity contribution is -0.136. The molecular formula is C12H22N2O2S. The van der Waals surface area contributed by atoms with Crippen LogP contribution in [0.2, 0.25) is 0 Å². The Labute approximate surface area is 108 Å². The van der Waals surface area contributed by atoms with E-state index in [-0.39, 0.29) is 5.91 Å². The Morgan fingerprint density at radius 1 is 1.65 bits per heavy atom. The topological polar surface area (TPSA) is 63.4 Å². The molecule has 0 radical (unpaired) electrons. The molecule has 1 heterocycles. The summed E-state index contributed by atoms with van der Waals surface area (Å²) >= 11 is 4.39. The molecule has 5 heteroatoms. The van der Waals surface area contributed by atoms with Gasteiger partial charge in [-0.25, -0.2) is 0 Å². The van der Waals surface area contributed by atoms with Crippen LogP contribution in [0.3, 0.4) is 0 Å². The van der Waals surface area contributed by atoms with Crippen molar-refractivity contribution in [1.29, 1.82) is 0 Å². The lowest BCUT2D eigenvalue weighted by Gasteiger charge is -2.34. The maximum absolute atomic E-state index is 11.9. The molecule has 2 atom stereocenters. The van der Waals surface area contributed by atoms with Gasteiger partial charge in [0.25, 0.3) is 0 Å². The van der Waals surface area contributed by atoms with Gasteiger partial charge in [-0.3, -0.25) is 9.59 Å². The van der Waals surface area contributed by atoms with Gasteiger partial charge in [0.1, 0.15) is 6.04 Å². The zero-order valence-electron chi connectivity index (χ0n) is 10.8. The number of nitrogens with two attached hydrogens (primary N) is 1. The second-order valence-corrected chi connectivity index (χ2v) is 6.52. The van der Waals surface area contributed by atoms with E-state index in [0.29, 0.717) is 18.9 Å². The number of amides is 2. The lowest BCUT2D eigenvalue weighted by atomic mass is 10.0. The van der Waals surface area contributed by atoms with E-state index in [1.54, 1.807) is 4.90 Å². The summed E-state index contributed by atoms with van der Waals surface area (Å²) in [5.41, 5.74) is 5.40. The molecule has 1 aliphatic heterocycles. The highest BCUT2D eigenvalue weighted by Crippen LogP contribution is 2.30. The van der Waals surface area contributed by atoms with Gasteiger partial charge in [0, 0.05) is 17.7 Å². The van der Waals surface area contributed by atoms with Crippen molar-refractivity contribution in [2.45, 2.75) is 50.8 Å². The SMILES string of the molecule is CCCC1CC(=O)N(C(C(N)=O)C(C)(C)S)C1. The third kappa shape index (κ3) is 3.37. The highest BCUT2D eigenvalue weighted by molar-refractivity contribution is 7.81. The standard InChI is InChI=1S/C12H22N2O2S/c1-4-5-8-6-9(15)14(7-8)10(11(13)16)12(2,3)17/h8,10,17H,4-7H2,1-3H3,(H2,13,16). The molecule has 2 amide bonds. The monoisotopic (exact) mass is 258 g/mol. The van der Waals surface area contributed by atoms with Crippen molar-refractivity contribution < 1.29 is 9.59 Å². The van der Waals surface area contributed by atoms with Crippen LogP contribution in [-0.4, -0.2) is 34.0 Å². The average molecular weight is 258 g/mol. The van der Waals surface area contributed by atoms with E-state index in [9.17, 15) is 9.59 Å². The molecule has 1 fully saturated rings. The van der Waals surface area contributed by atoms with Crippen LogP contribution in [0.15, 0.2) is 0 Å². The number of hydrogen-bond acceptors (Lipinski definition) is 3. The number of rotatable bonds is 5. The molecule has 2 unspecified atom stereocenters. The van der Waals surface area contributed by atoms with Gasteiger partial charge in [-0.1, -0.05) is 13.3 Å². The van der Waals surface area contributed by atoms with Crippen molar-refractivity contribution in [3.05, 3.63) is 0 Å². The Hall–Kier alpha value is -0.710. The summed E-state index contributed by atoms with van der Waals surface area (Å²) in [7, 11) is 0. The Kier molecular flexibility index (Phi) is 4.47. The number of carbonyl (C=O) groups is 2. The van der Waals surface area contributed by atoms with Crippen molar-refractivity contribution >= 4 is 24.4 Å². The molecule has 0 aromatic heterocycles. The van der Waals surface area contributed by atoms with Crippen LogP contribution in [-0.2, 0) is 9.59 Å². The molecule has 0 aromatic carbocycles. The summed E-state index contributed by atoms with van der Waals surface area (Å²) in [4.78, 5) is 25.1. The van der Waals surface area contributed by atoms with Crippen molar-refractivity contribution in [3.8, 4) is 0 Å². The second-order valence-electron chi connectivity index (χ2n) is 5.36. The zero-order chi connectivity index (χ0) is 13.2. The second kappa shape index (κ2) is 5.29. The van der Waals surface area contributed by atoms with E-state index >= 15 is 0 Å². The number of hydrogen-bond donors (Lipinski definition) is 2. The van der Waals surface area contributed by atoms with Crippen LogP contribution in [0.5, 0.6) is 0 Å². The van der Waals surface area contributed by atoms with Crippen molar-refractivity contribution in [2.75, 3.05) is 6.54 Å². The molecule has 0 saturated carbocycles. The van der Waals surface area contributed by atoms with Gasteiger partial charge >= 0.3 is 0 Å². The van der Waals surface area contributed by atoms with Gasteiger partial charge in [0.2, 0.25) is 11.8 Å². The molecule has 0 spiro atoms. The number of thiol groups is 1. The fourth-order valence-electron chi connectivity index (χ4n) is 2.54. The fraction of sp³-hybridized carbons (Fsp3) is 0.833. The van der Waals surface area contributed by atoms with Gasteiger partial charge in [0.05, 0.1) is 0 Å². The van der Waals surface area contributed by atoms with Crippen molar-refractivity contribution in [2.24, 2.45) is 11.7 Å². The quantitative estimate of drug-likeness (QED) is 0.728. The van der Waals surface area contributed by atoms with Crippen LogP contribution >= 0.6 is 12.6 Å². The normalized spacial score (nSPS) is 22.9. The smallest absolute Gasteiger partial charge is 0.241 e. The number of carbonyl (C=O) groups excluding carboxylic acids is 2. The first-order valence-corrected chi connectivity index (χ1v) is 6.53. The summed E-state index contributed by atoms with van der Waals surface area (Å²) in [6.07, 6.45) is 2.60. The molecule has 2 N–H and O–H groups in total. The maximum Gasteiger partial charge on any atom is 0.241 e. The first-order chi connectivity index (χ1) is 7.77. The summed E-state index contributed by atoms with van der Waals surface area (Å²) in [5.74, 6) is -0.102. The number of primary amides is 1. The van der Waals surface area contributed by atoms with Gasteiger partial charge in [0.15, 0.2) is 0 Å². The van der Waals surface area contributed by atoms with E-state index < -0.39 is 16.7 Å². The molecular weight excluding hydrogens is 236 g/mol. The average Bonchev–Trinajstić information content (AvgIpc) is 2.44. The Morgan fingerprint density at radius 3 is 2.65 bits per heavy atom. The molecule has 1 rings (SSSR count). The first kappa shape index (κ1) is 14.4. The highest BCUT2D eigenvalue weighted by Gasteiger charge is 2.42. The third-order valence-electron chi connectivity index (χ3n) is 3.19. The molecule has 1 saturated heterocycles. The Bertz CT molecular complexity index is 312. The molecule has 0 bridgehead atoms. The third-order valence-corrected chi connectivity index (χ3v) is 3.43. The van der Waals surface area contributed by atoms with E-state index in [1.807, 2.05) is 13.8 Å². The van der Waals surface area contributed by atoms with Crippen LogP contribution in [0, 0.1) is 5.92 Å². The van der Waals surface area contributed by atoms with Crippen molar-refractivity contribution in [1.82, 2.24) is 4.90 Å². The Morgan fingerprint density at radius 2 is 2.24 bits per heavy atom. The summed E-state index contributed by atoms with van der Waals surface area (Å²) < 4.78 is -0.609. The predicted octanol–water partition coefficient (Wildman–Crippen LogP) is 1.20. The van der Waals surface area contributed by atoms with E-state index in [4.69, 9.17) is 5.73 Å². The van der Waals surface area contributed by atoms with Gasteiger partial charge in [-0.2, -0.15) is 12.6 Å². The minimum atomic E-state index is -0.625. The largest absolute Gasteiger partial charge is 0.368 e. The molecule has 0 aliphatic carbocycles. The minimum absolute atomic E-state index is 0.0226. The summed E-state index contributed by atoms with van der Waals surface area (Å²) in [6.45, 7) is 6.35. The summed E-state index contributed by atoms with van der Waals surface area (Å²) in [6, 6.07) is -0.625. The Balaban J connectivity index is 2.83. The number of likely N-dealkylation sites (tertiary alicyclic amines) is 1. The van der Waals surface area contributed by atoms with Crippen molar-refractivity contribution in [3.63, 3.8) is 0 Å². The minimum Gasteiger partial charge on any atom is -0.368 e. The van der Waals surface area contributed by atoms with Crippen LogP contribution < -0.4 is 5.73 Å². The first-order valence-electron chi connectivity index (χ1n) is 6.08. The summed E-state index contributed by atoms with van der Waals surface area (Å²) in [5, 5.41) is 0. The molecule has 1 aliphatic rings.